The van der Waals surface area contributed by atoms with Crippen LogP contribution in [0.2, 0.25) is 0 Å². The zero-order valence-corrected chi connectivity index (χ0v) is 13.4. The lowest BCUT2D eigenvalue weighted by atomic mass is 9.90. The Morgan fingerprint density at radius 3 is 2.35 bits per heavy atom. The summed E-state index contributed by atoms with van der Waals surface area (Å²) in [4.78, 5) is 16.8. The van der Waals surface area contributed by atoms with E-state index in [0.717, 1.165) is 64.3 Å². The predicted molar refractivity (Wildman–Crippen MR) is 82.8 cm³/mol. The molecular weight excluding hydrogens is 250 g/mol. The maximum atomic E-state index is 12.6. The quantitative estimate of drug-likeness (QED) is 0.863. The smallest absolute Gasteiger partial charge is 0.320 e. The molecule has 1 N–H and O–H groups in total. The van der Waals surface area contributed by atoms with Crippen LogP contribution in [0, 0.1) is 11.8 Å². The van der Waals surface area contributed by atoms with Crippen molar-refractivity contribution in [3.8, 4) is 0 Å². The Labute approximate surface area is 123 Å². The van der Waals surface area contributed by atoms with Gasteiger partial charge in [-0.25, -0.2) is 4.79 Å². The van der Waals surface area contributed by atoms with Crippen LogP contribution in [-0.2, 0) is 0 Å². The number of piperidine rings is 2. The van der Waals surface area contributed by atoms with E-state index in [0.29, 0.717) is 12.0 Å². The molecule has 4 nitrogen and oxygen atoms in total. The van der Waals surface area contributed by atoms with Crippen LogP contribution in [0.3, 0.4) is 0 Å². The molecule has 2 aliphatic heterocycles. The molecule has 2 aliphatic rings. The maximum absolute atomic E-state index is 12.6. The third-order valence-corrected chi connectivity index (χ3v) is 5.05. The van der Waals surface area contributed by atoms with E-state index in [-0.39, 0.29) is 6.03 Å². The average Bonchev–Trinajstić information content (AvgIpc) is 2.48. The fourth-order valence-corrected chi connectivity index (χ4v) is 3.55. The van der Waals surface area contributed by atoms with Crippen LogP contribution >= 0.6 is 0 Å². The second kappa shape index (κ2) is 7.30. The first-order chi connectivity index (χ1) is 9.65. The Kier molecular flexibility index (Phi) is 5.70. The number of likely N-dealkylation sites (tertiary alicyclic amines) is 2. The summed E-state index contributed by atoms with van der Waals surface area (Å²) in [7, 11) is 0. The van der Waals surface area contributed by atoms with E-state index in [4.69, 9.17) is 0 Å². The monoisotopic (exact) mass is 281 g/mol. The van der Waals surface area contributed by atoms with Gasteiger partial charge in [0.25, 0.3) is 0 Å². The molecule has 2 rings (SSSR count). The molecule has 0 aliphatic carbocycles. The number of carbonyl (C=O) groups excluding carboxylic acids is 1. The number of amides is 2. The molecule has 0 aromatic carbocycles. The Morgan fingerprint density at radius 2 is 1.75 bits per heavy atom. The van der Waals surface area contributed by atoms with Gasteiger partial charge in [-0.3, -0.25) is 0 Å². The SMILES string of the molecule is CCNC1CCN(C(=O)N2CCC(C)CC2)CC1CC. The third kappa shape index (κ3) is 3.66. The molecule has 0 radical (unpaired) electrons. The summed E-state index contributed by atoms with van der Waals surface area (Å²) in [6.07, 6.45) is 4.58. The summed E-state index contributed by atoms with van der Waals surface area (Å²) in [5.74, 6) is 1.39. The van der Waals surface area contributed by atoms with Crippen LogP contribution in [0.25, 0.3) is 0 Å². The minimum Gasteiger partial charge on any atom is -0.325 e. The first kappa shape index (κ1) is 15.6. The molecule has 2 fully saturated rings. The molecular formula is C16H31N3O. The number of hydrogen-bond acceptors (Lipinski definition) is 2. The summed E-state index contributed by atoms with van der Waals surface area (Å²) in [6, 6.07) is 0.876. The molecule has 0 spiro atoms. The van der Waals surface area contributed by atoms with Crippen molar-refractivity contribution in [2.24, 2.45) is 11.8 Å². The molecule has 2 saturated heterocycles. The molecule has 0 saturated carbocycles. The van der Waals surface area contributed by atoms with E-state index in [9.17, 15) is 4.79 Å². The highest BCUT2D eigenvalue weighted by atomic mass is 16.2. The Morgan fingerprint density at radius 1 is 1.10 bits per heavy atom. The van der Waals surface area contributed by atoms with Gasteiger partial charge in [-0.1, -0.05) is 27.2 Å². The number of urea groups is 1. The van der Waals surface area contributed by atoms with Gasteiger partial charge in [0, 0.05) is 32.2 Å². The summed E-state index contributed by atoms with van der Waals surface area (Å²) in [5, 5.41) is 3.58. The largest absolute Gasteiger partial charge is 0.325 e. The van der Waals surface area contributed by atoms with Crippen molar-refractivity contribution in [3.63, 3.8) is 0 Å². The molecule has 0 aromatic heterocycles. The first-order valence-corrected chi connectivity index (χ1v) is 8.42. The fourth-order valence-electron chi connectivity index (χ4n) is 3.55. The van der Waals surface area contributed by atoms with Crippen LogP contribution in [0.15, 0.2) is 0 Å². The van der Waals surface area contributed by atoms with E-state index < -0.39 is 0 Å². The number of carbonyl (C=O) groups is 1. The van der Waals surface area contributed by atoms with Crippen molar-refractivity contribution in [1.82, 2.24) is 15.1 Å². The van der Waals surface area contributed by atoms with Gasteiger partial charge < -0.3 is 15.1 Å². The second-order valence-electron chi connectivity index (χ2n) is 6.52. The molecule has 20 heavy (non-hydrogen) atoms. The number of hydrogen-bond donors (Lipinski definition) is 1. The standard InChI is InChI=1S/C16H31N3O/c1-4-14-12-19(11-8-15(14)17-5-2)16(20)18-9-6-13(3)7-10-18/h13-15,17H,4-12H2,1-3H3. The predicted octanol–water partition coefficient (Wildman–Crippen LogP) is 2.55. The zero-order valence-electron chi connectivity index (χ0n) is 13.4. The highest BCUT2D eigenvalue weighted by Crippen LogP contribution is 2.23. The molecule has 4 heteroatoms. The summed E-state index contributed by atoms with van der Waals surface area (Å²) in [5.41, 5.74) is 0. The Hall–Kier alpha value is -0.770. The van der Waals surface area contributed by atoms with Crippen molar-refractivity contribution in [2.75, 3.05) is 32.7 Å². The number of nitrogens with one attached hydrogen (secondary N) is 1. The first-order valence-electron chi connectivity index (χ1n) is 8.42. The fraction of sp³-hybridized carbons (Fsp3) is 0.938. The minimum absolute atomic E-state index is 0.283. The molecule has 0 bridgehead atoms. The van der Waals surface area contributed by atoms with Gasteiger partial charge in [0.2, 0.25) is 0 Å². The zero-order chi connectivity index (χ0) is 14.5. The maximum Gasteiger partial charge on any atom is 0.320 e. The van der Waals surface area contributed by atoms with Gasteiger partial charge >= 0.3 is 6.03 Å². The second-order valence-corrected chi connectivity index (χ2v) is 6.52. The molecule has 0 aromatic rings. The summed E-state index contributed by atoms with van der Waals surface area (Å²) >= 11 is 0. The van der Waals surface area contributed by atoms with Gasteiger partial charge in [-0.2, -0.15) is 0 Å². The van der Waals surface area contributed by atoms with Crippen LogP contribution < -0.4 is 5.32 Å². The van der Waals surface area contributed by atoms with Crippen molar-refractivity contribution in [2.45, 2.75) is 52.5 Å². The Bertz CT molecular complexity index is 313. The van der Waals surface area contributed by atoms with Gasteiger partial charge in [0.05, 0.1) is 0 Å². The van der Waals surface area contributed by atoms with Crippen LogP contribution in [0.5, 0.6) is 0 Å². The highest BCUT2D eigenvalue weighted by molar-refractivity contribution is 5.74. The van der Waals surface area contributed by atoms with E-state index >= 15 is 0 Å². The molecule has 2 heterocycles. The minimum atomic E-state index is 0.283. The van der Waals surface area contributed by atoms with E-state index in [1.807, 2.05) is 0 Å². The highest BCUT2D eigenvalue weighted by Gasteiger charge is 2.32. The number of nitrogens with zero attached hydrogens (tertiary/aromatic N) is 2. The molecule has 116 valence electrons. The van der Waals surface area contributed by atoms with Gasteiger partial charge in [0.15, 0.2) is 0 Å². The van der Waals surface area contributed by atoms with Crippen molar-refractivity contribution in [1.29, 1.82) is 0 Å². The topological polar surface area (TPSA) is 35.6 Å². The number of rotatable bonds is 3. The molecule has 2 amide bonds. The van der Waals surface area contributed by atoms with Gasteiger partial charge in [-0.15, -0.1) is 0 Å². The van der Waals surface area contributed by atoms with Crippen molar-refractivity contribution < 1.29 is 4.79 Å². The van der Waals surface area contributed by atoms with Gasteiger partial charge in [0.1, 0.15) is 0 Å². The summed E-state index contributed by atoms with van der Waals surface area (Å²) in [6.45, 7) is 11.5. The average molecular weight is 281 g/mol. The van der Waals surface area contributed by atoms with Crippen molar-refractivity contribution >= 4 is 6.03 Å². The normalized spacial score (nSPS) is 28.8. The molecule has 2 unspecified atom stereocenters. The van der Waals surface area contributed by atoms with E-state index in [1.54, 1.807) is 0 Å². The lowest BCUT2D eigenvalue weighted by molar-refractivity contribution is 0.102. The van der Waals surface area contributed by atoms with Crippen LogP contribution in [0.1, 0.15) is 46.5 Å². The van der Waals surface area contributed by atoms with Crippen LogP contribution in [0.4, 0.5) is 4.79 Å². The summed E-state index contributed by atoms with van der Waals surface area (Å²) < 4.78 is 0. The Balaban J connectivity index is 1.88. The van der Waals surface area contributed by atoms with Gasteiger partial charge in [-0.05, 0) is 37.6 Å². The lowest BCUT2D eigenvalue weighted by Gasteiger charge is -2.42. The van der Waals surface area contributed by atoms with Crippen molar-refractivity contribution in [3.05, 3.63) is 0 Å². The van der Waals surface area contributed by atoms with E-state index in [2.05, 4.69) is 35.9 Å². The third-order valence-electron chi connectivity index (χ3n) is 5.05. The van der Waals surface area contributed by atoms with E-state index in [1.165, 1.54) is 0 Å². The molecule has 2 atom stereocenters. The lowest BCUT2D eigenvalue weighted by Crippen LogP contribution is -2.55. The van der Waals surface area contributed by atoms with Crippen LogP contribution in [-0.4, -0.2) is 54.6 Å².